The molecule has 23 heavy (non-hydrogen) atoms. The average molecular weight is 335 g/mol. The van der Waals surface area contributed by atoms with E-state index in [0.717, 1.165) is 0 Å². The third kappa shape index (κ3) is 15.3. The van der Waals surface area contributed by atoms with Gasteiger partial charge in [0.05, 0.1) is 46.1 Å². The fraction of sp³-hybridized carbons (Fsp3) is 0.867. The highest BCUT2D eigenvalue weighted by Gasteiger charge is 2.19. The van der Waals surface area contributed by atoms with Crippen LogP contribution in [0, 0.1) is 0 Å². The molecule has 0 heterocycles. The van der Waals surface area contributed by atoms with Crippen LogP contribution in [0.2, 0.25) is 0 Å². The summed E-state index contributed by atoms with van der Waals surface area (Å²) in [5, 5.41) is 8.41. The number of carbonyl (C=O) groups excluding carboxylic acids is 1. The average Bonchev–Trinajstić information content (AvgIpc) is 2.42. The number of carbonyl (C=O) groups is 2. The number of likely N-dealkylation sites (N-methyl/N-ethyl adjacent to an activating group) is 1. The minimum Gasteiger partial charge on any atom is -0.481 e. The molecule has 0 aromatic carbocycles. The molecule has 0 aliphatic carbocycles. The number of nitrogens with zero attached hydrogens (tertiary/aromatic N) is 1. The van der Waals surface area contributed by atoms with Crippen molar-refractivity contribution in [2.45, 2.75) is 32.8 Å². The van der Waals surface area contributed by atoms with Crippen molar-refractivity contribution in [3.63, 3.8) is 0 Å². The topological polar surface area (TPSA) is 94.5 Å². The monoisotopic (exact) mass is 335 g/mol. The summed E-state index contributed by atoms with van der Waals surface area (Å²) in [4.78, 5) is 23.4. The van der Waals surface area contributed by atoms with E-state index in [1.165, 1.54) is 4.90 Å². The molecule has 0 aromatic rings. The summed E-state index contributed by atoms with van der Waals surface area (Å²) in [5.74, 6) is -0.879. The van der Waals surface area contributed by atoms with Crippen molar-refractivity contribution in [3.05, 3.63) is 0 Å². The molecule has 136 valence electrons. The second-order valence-electron chi connectivity index (χ2n) is 5.88. The van der Waals surface area contributed by atoms with Crippen LogP contribution in [0.15, 0.2) is 0 Å². The number of carboxylic acid groups (broad SMARTS) is 1. The number of rotatable bonds is 12. The van der Waals surface area contributed by atoms with E-state index in [1.54, 1.807) is 7.05 Å². The predicted octanol–water partition coefficient (Wildman–Crippen LogP) is 1.38. The van der Waals surface area contributed by atoms with Crippen LogP contribution in [-0.4, -0.2) is 80.9 Å². The first-order chi connectivity index (χ1) is 10.7. The van der Waals surface area contributed by atoms with Gasteiger partial charge in [0, 0.05) is 13.6 Å². The van der Waals surface area contributed by atoms with E-state index in [1.807, 2.05) is 20.8 Å². The van der Waals surface area contributed by atoms with E-state index in [4.69, 9.17) is 24.1 Å². The van der Waals surface area contributed by atoms with E-state index in [2.05, 4.69) is 0 Å². The normalized spacial score (nSPS) is 11.3. The number of aliphatic carboxylic acids is 1. The predicted molar refractivity (Wildman–Crippen MR) is 83.6 cm³/mol. The number of ether oxygens (including phenoxy) is 4. The quantitative estimate of drug-likeness (QED) is 0.538. The molecule has 1 N–H and O–H groups in total. The van der Waals surface area contributed by atoms with E-state index >= 15 is 0 Å². The van der Waals surface area contributed by atoms with Gasteiger partial charge in [-0.25, -0.2) is 4.79 Å². The number of carboxylic acids is 1. The Morgan fingerprint density at radius 1 is 0.913 bits per heavy atom. The van der Waals surface area contributed by atoms with Crippen molar-refractivity contribution < 1.29 is 33.6 Å². The fourth-order valence-corrected chi connectivity index (χ4v) is 1.33. The summed E-state index contributed by atoms with van der Waals surface area (Å²) < 4.78 is 20.9. The van der Waals surface area contributed by atoms with Crippen LogP contribution in [0.4, 0.5) is 4.79 Å². The summed E-state index contributed by atoms with van der Waals surface area (Å²) in [6.45, 7) is 8.05. The van der Waals surface area contributed by atoms with Gasteiger partial charge in [-0.3, -0.25) is 4.79 Å². The third-order valence-electron chi connectivity index (χ3n) is 2.48. The van der Waals surface area contributed by atoms with Crippen LogP contribution in [0.5, 0.6) is 0 Å². The second kappa shape index (κ2) is 12.1. The Labute approximate surface area is 137 Å². The van der Waals surface area contributed by atoms with Crippen LogP contribution in [0.1, 0.15) is 27.2 Å². The van der Waals surface area contributed by atoms with Gasteiger partial charge < -0.3 is 29.0 Å². The summed E-state index contributed by atoms with van der Waals surface area (Å²) in [7, 11) is 1.66. The third-order valence-corrected chi connectivity index (χ3v) is 2.48. The standard InChI is InChI=1S/C15H29NO7/c1-15(2,3)23-14(19)16(4)6-8-21-10-12-22-11-9-20-7-5-13(17)18/h5-12H2,1-4H3,(H,17,18). The summed E-state index contributed by atoms with van der Waals surface area (Å²) in [6, 6.07) is 0. The largest absolute Gasteiger partial charge is 0.481 e. The Bertz CT molecular complexity index is 341. The van der Waals surface area contributed by atoms with Gasteiger partial charge in [0.25, 0.3) is 0 Å². The van der Waals surface area contributed by atoms with E-state index in [0.29, 0.717) is 39.6 Å². The van der Waals surface area contributed by atoms with Gasteiger partial charge in [0.2, 0.25) is 0 Å². The molecule has 0 aliphatic heterocycles. The first-order valence-electron chi connectivity index (χ1n) is 7.61. The first kappa shape index (κ1) is 21.6. The lowest BCUT2D eigenvalue weighted by atomic mass is 10.2. The molecule has 1 amide bonds. The molecule has 0 atom stereocenters. The summed E-state index contributed by atoms with van der Waals surface area (Å²) in [5.41, 5.74) is -0.507. The Balaban J connectivity index is 3.39. The SMILES string of the molecule is CN(CCOCCOCCOCCC(=O)O)C(=O)OC(C)(C)C. The number of amides is 1. The van der Waals surface area contributed by atoms with Crippen molar-refractivity contribution in [3.8, 4) is 0 Å². The minimum absolute atomic E-state index is 0.00568. The number of hydrogen-bond acceptors (Lipinski definition) is 6. The van der Waals surface area contributed by atoms with Crippen molar-refractivity contribution >= 4 is 12.1 Å². The van der Waals surface area contributed by atoms with Gasteiger partial charge in [-0.1, -0.05) is 0 Å². The van der Waals surface area contributed by atoms with Crippen LogP contribution < -0.4 is 0 Å². The Hall–Kier alpha value is -1.38. The molecule has 8 nitrogen and oxygen atoms in total. The smallest absolute Gasteiger partial charge is 0.410 e. The highest BCUT2D eigenvalue weighted by Crippen LogP contribution is 2.08. The van der Waals surface area contributed by atoms with Gasteiger partial charge in [-0.05, 0) is 20.8 Å². The highest BCUT2D eigenvalue weighted by atomic mass is 16.6. The van der Waals surface area contributed by atoms with Crippen molar-refractivity contribution in [1.29, 1.82) is 0 Å². The van der Waals surface area contributed by atoms with Crippen LogP contribution in [0.25, 0.3) is 0 Å². The molecule has 8 heteroatoms. The summed E-state index contributed by atoms with van der Waals surface area (Å²) in [6.07, 6.45) is -0.385. The minimum atomic E-state index is -0.879. The molecule has 0 rings (SSSR count). The molecule has 0 radical (unpaired) electrons. The zero-order valence-corrected chi connectivity index (χ0v) is 14.5. The second-order valence-corrected chi connectivity index (χ2v) is 5.88. The van der Waals surface area contributed by atoms with Crippen molar-refractivity contribution in [1.82, 2.24) is 4.90 Å². The summed E-state index contributed by atoms with van der Waals surface area (Å²) >= 11 is 0. The van der Waals surface area contributed by atoms with E-state index < -0.39 is 11.6 Å². The fourth-order valence-electron chi connectivity index (χ4n) is 1.33. The van der Waals surface area contributed by atoms with Gasteiger partial charge in [0.15, 0.2) is 0 Å². The maximum absolute atomic E-state index is 11.7. The molecule has 0 bridgehead atoms. The van der Waals surface area contributed by atoms with Gasteiger partial charge in [-0.2, -0.15) is 0 Å². The molecule has 0 aromatic heterocycles. The maximum atomic E-state index is 11.7. The zero-order valence-electron chi connectivity index (χ0n) is 14.5. The molecule has 0 spiro atoms. The molecule has 0 fully saturated rings. The van der Waals surface area contributed by atoms with Gasteiger partial charge in [0.1, 0.15) is 5.60 Å². The molecule has 0 aliphatic rings. The van der Waals surface area contributed by atoms with Crippen LogP contribution in [0.3, 0.4) is 0 Å². The van der Waals surface area contributed by atoms with Gasteiger partial charge >= 0.3 is 12.1 Å². The molecular weight excluding hydrogens is 306 g/mol. The maximum Gasteiger partial charge on any atom is 0.410 e. The molecule has 0 saturated carbocycles. The molecular formula is C15H29NO7. The van der Waals surface area contributed by atoms with E-state index in [-0.39, 0.29) is 19.1 Å². The van der Waals surface area contributed by atoms with E-state index in [9.17, 15) is 9.59 Å². The van der Waals surface area contributed by atoms with Crippen molar-refractivity contribution in [2.75, 3.05) is 53.2 Å². The highest BCUT2D eigenvalue weighted by molar-refractivity contribution is 5.67. The van der Waals surface area contributed by atoms with Gasteiger partial charge in [-0.15, -0.1) is 0 Å². The Morgan fingerprint density at radius 2 is 1.39 bits per heavy atom. The van der Waals surface area contributed by atoms with Crippen LogP contribution in [-0.2, 0) is 23.7 Å². The lowest BCUT2D eigenvalue weighted by Gasteiger charge is -2.24. The lowest BCUT2D eigenvalue weighted by molar-refractivity contribution is -0.138. The number of hydrogen-bond donors (Lipinski definition) is 1. The molecule has 0 unspecified atom stereocenters. The van der Waals surface area contributed by atoms with Crippen molar-refractivity contribution in [2.24, 2.45) is 0 Å². The molecule has 0 saturated heterocycles. The Morgan fingerprint density at radius 3 is 1.87 bits per heavy atom. The Kier molecular flexibility index (Phi) is 11.4. The van der Waals surface area contributed by atoms with Crippen LogP contribution >= 0.6 is 0 Å². The lowest BCUT2D eigenvalue weighted by Crippen LogP contribution is -2.36. The zero-order chi connectivity index (χ0) is 17.7. The first-order valence-corrected chi connectivity index (χ1v) is 7.61.